The third-order valence-corrected chi connectivity index (χ3v) is 4.25. The summed E-state index contributed by atoms with van der Waals surface area (Å²) >= 11 is 5.82. The van der Waals surface area contributed by atoms with E-state index in [2.05, 4.69) is 32.3 Å². The third-order valence-electron chi connectivity index (χ3n) is 4.00. The van der Waals surface area contributed by atoms with E-state index in [4.69, 9.17) is 11.6 Å². The number of halogens is 1. The maximum Gasteiger partial charge on any atom is 0.314 e. The molecule has 1 aromatic heterocycles. The number of rotatable bonds is 3. The van der Waals surface area contributed by atoms with Crippen LogP contribution in [0.1, 0.15) is 18.2 Å². The molecule has 2 aromatic rings. The van der Waals surface area contributed by atoms with Gasteiger partial charge in [0.05, 0.1) is 17.0 Å². The van der Waals surface area contributed by atoms with Crippen LogP contribution in [-0.4, -0.2) is 39.2 Å². The van der Waals surface area contributed by atoms with E-state index in [-0.39, 0.29) is 23.9 Å². The van der Waals surface area contributed by atoms with Crippen LogP contribution in [0.3, 0.4) is 0 Å². The fourth-order valence-corrected chi connectivity index (χ4v) is 2.56. The number of hydrogen-bond acceptors (Lipinski definition) is 5. The van der Waals surface area contributed by atoms with Gasteiger partial charge >= 0.3 is 11.8 Å². The largest absolute Gasteiger partial charge is 0.344 e. The van der Waals surface area contributed by atoms with Crippen LogP contribution in [0.2, 0.25) is 5.02 Å². The van der Waals surface area contributed by atoms with Crippen molar-refractivity contribution in [2.24, 2.45) is 9.98 Å². The summed E-state index contributed by atoms with van der Waals surface area (Å²) < 4.78 is 1.19. The molecule has 9 nitrogen and oxygen atoms in total. The van der Waals surface area contributed by atoms with Crippen LogP contribution in [0.25, 0.3) is 0 Å². The molecule has 0 bridgehead atoms. The number of anilines is 1. The molecule has 0 spiro atoms. The van der Waals surface area contributed by atoms with E-state index < -0.39 is 17.7 Å². The summed E-state index contributed by atoms with van der Waals surface area (Å²) in [7, 11) is 0. The quantitative estimate of drug-likeness (QED) is 0.590. The minimum absolute atomic E-state index is 0.0233. The number of aryl methyl sites for hydroxylation is 1. The van der Waals surface area contributed by atoms with Gasteiger partial charge in [0.25, 0.3) is 11.9 Å². The number of aromatic nitrogens is 2. The van der Waals surface area contributed by atoms with Crippen molar-refractivity contribution in [3.05, 3.63) is 58.8 Å². The fourth-order valence-electron chi connectivity index (χ4n) is 2.43. The lowest BCUT2D eigenvalue weighted by molar-refractivity contribution is -0.136. The van der Waals surface area contributed by atoms with E-state index in [1.807, 2.05) is 0 Å². The highest BCUT2D eigenvalue weighted by atomic mass is 35.5. The molecule has 0 saturated heterocycles. The maximum absolute atomic E-state index is 12.3. The lowest BCUT2D eigenvalue weighted by atomic mass is 10.2. The molecule has 0 saturated carbocycles. The van der Waals surface area contributed by atoms with Gasteiger partial charge in [-0.05, 0) is 31.5 Å². The van der Waals surface area contributed by atoms with Gasteiger partial charge in [0.1, 0.15) is 5.82 Å². The molecule has 0 radical (unpaired) electrons. The lowest BCUT2D eigenvalue weighted by Crippen LogP contribution is -2.36. The molecule has 0 aliphatic carbocycles. The van der Waals surface area contributed by atoms with E-state index >= 15 is 0 Å². The van der Waals surface area contributed by atoms with Crippen LogP contribution in [-0.2, 0) is 20.9 Å². The normalized spacial score (nSPS) is 13.6. The molecule has 10 heteroatoms. The number of carbonyl (C=O) groups is 3. The molecule has 29 heavy (non-hydrogen) atoms. The molecule has 3 amide bonds. The number of carbonyl (C=O) groups excluding carboxylic acids is 3. The molecule has 1 aliphatic heterocycles. The highest BCUT2D eigenvalue weighted by molar-refractivity contribution is 6.39. The summed E-state index contributed by atoms with van der Waals surface area (Å²) in [5.41, 5.74) is 1.90. The molecule has 1 aromatic carbocycles. The Morgan fingerprint density at radius 3 is 2.48 bits per heavy atom. The molecule has 1 aliphatic rings. The second kappa shape index (κ2) is 8.19. The van der Waals surface area contributed by atoms with Crippen molar-refractivity contribution < 1.29 is 14.4 Å². The average Bonchev–Trinajstić information content (AvgIpc) is 3.05. The highest BCUT2D eigenvalue weighted by Gasteiger charge is 2.22. The smallest absolute Gasteiger partial charge is 0.314 e. The number of aliphatic imine (C=N–C) groups is 2. The van der Waals surface area contributed by atoms with Gasteiger partial charge < -0.3 is 10.6 Å². The van der Waals surface area contributed by atoms with E-state index in [1.165, 1.54) is 10.7 Å². The van der Waals surface area contributed by atoms with E-state index in [1.54, 1.807) is 38.1 Å². The molecular weight excluding hydrogens is 396 g/mol. The second-order valence-corrected chi connectivity index (χ2v) is 6.68. The lowest BCUT2D eigenvalue weighted by Gasteiger charge is -2.12. The minimum Gasteiger partial charge on any atom is -0.344 e. The molecule has 2 heterocycles. The van der Waals surface area contributed by atoms with Gasteiger partial charge in [0, 0.05) is 17.6 Å². The van der Waals surface area contributed by atoms with Gasteiger partial charge in [-0.1, -0.05) is 30.3 Å². The van der Waals surface area contributed by atoms with Crippen LogP contribution >= 0.6 is 11.6 Å². The van der Waals surface area contributed by atoms with E-state index in [0.29, 0.717) is 16.4 Å². The molecule has 0 atom stereocenters. The van der Waals surface area contributed by atoms with Crippen molar-refractivity contribution in [2.75, 3.05) is 5.32 Å². The summed E-state index contributed by atoms with van der Waals surface area (Å²) in [5.74, 6) is -2.14. The second-order valence-electron chi connectivity index (χ2n) is 6.24. The Balaban J connectivity index is 1.72. The van der Waals surface area contributed by atoms with Gasteiger partial charge in [-0.2, -0.15) is 14.8 Å². The number of hydrogen-bond donors (Lipinski definition) is 2. The van der Waals surface area contributed by atoms with Crippen LogP contribution in [0.15, 0.2) is 52.5 Å². The standard InChI is InChI=1S/C19H17ClN6O3/c1-10-8-15(26(25-10)19-22-12(3)11(2)16(27)24-19)23-18(29)17(28)21-9-13-4-6-14(20)7-5-13/h4-8H,2,9H2,1,3H3,(H,21,28)(H,23,29). The highest BCUT2D eigenvalue weighted by Crippen LogP contribution is 2.15. The fraction of sp³-hybridized carbons (Fsp3) is 0.158. The first-order chi connectivity index (χ1) is 13.7. The topological polar surface area (TPSA) is 118 Å². The molecular formula is C19H17ClN6O3. The van der Waals surface area contributed by atoms with Crippen molar-refractivity contribution in [3.8, 4) is 0 Å². The zero-order chi connectivity index (χ0) is 21.1. The Kier molecular flexibility index (Phi) is 5.69. The maximum atomic E-state index is 12.3. The van der Waals surface area contributed by atoms with Gasteiger partial charge in [-0.3, -0.25) is 14.4 Å². The predicted octanol–water partition coefficient (Wildman–Crippen LogP) is 1.86. The van der Waals surface area contributed by atoms with E-state index in [0.717, 1.165) is 5.56 Å². The Morgan fingerprint density at radius 1 is 1.14 bits per heavy atom. The van der Waals surface area contributed by atoms with Gasteiger partial charge in [0.15, 0.2) is 0 Å². The number of amides is 3. The zero-order valence-electron chi connectivity index (χ0n) is 15.7. The Morgan fingerprint density at radius 2 is 1.83 bits per heavy atom. The van der Waals surface area contributed by atoms with E-state index in [9.17, 15) is 14.4 Å². The van der Waals surface area contributed by atoms with Crippen LogP contribution < -0.4 is 10.6 Å². The minimum atomic E-state index is -0.895. The first kappa shape index (κ1) is 20.2. The summed E-state index contributed by atoms with van der Waals surface area (Å²) in [6, 6.07) is 8.39. The Bertz CT molecular complexity index is 1080. The molecule has 3 rings (SSSR count). The van der Waals surface area contributed by atoms with Gasteiger partial charge in [-0.15, -0.1) is 0 Å². The van der Waals surface area contributed by atoms with Gasteiger partial charge in [-0.25, -0.2) is 4.99 Å². The number of benzene rings is 1. The Hall–Kier alpha value is -3.59. The first-order valence-electron chi connectivity index (χ1n) is 8.53. The average molecular weight is 413 g/mol. The first-order valence-corrected chi connectivity index (χ1v) is 8.90. The molecule has 148 valence electrons. The van der Waals surface area contributed by atoms with Crippen molar-refractivity contribution in [1.29, 1.82) is 0 Å². The van der Waals surface area contributed by atoms with Crippen LogP contribution in [0, 0.1) is 6.92 Å². The molecule has 0 fully saturated rings. The van der Waals surface area contributed by atoms with Crippen molar-refractivity contribution >= 4 is 46.8 Å². The summed E-state index contributed by atoms with van der Waals surface area (Å²) in [6.07, 6.45) is 0. The summed E-state index contributed by atoms with van der Waals surface area (Å²) in [4.78, 5) is 44.3. The molecule has 2 N–H and O–H groups in total. The number of nitrogens with zero attached hydrogens (tertiary/aromatic N) is 4. The summed E-state index contributed by atoms with van der Waals surface area (Å²) in [6.45, 7) is 7.07. The predicted molar refractivity (Wildman–Crippen MR) is 109 cm³/mol. The monoisotopic (exact) mass is 412 g/mol. The molecule has 0 unspecified atom stereocenters. The zero-order valence-corrected chi connectivity index (χ0v) is 16.4. The van der Waals surface area contributed by atoms with Gasteiger partial charge in [0.2, 0.25) is 0 Å². The van der Waals surface area contributed by atoms with Crippen molar-refractivity contribution in [1.82, 2.24) is 15.1 Å². The number of nitrogens with one attached hydrogen (secondary N) is 2. The third kappa shape index (κ3) is 4.64. The van der Waals surface area contributed by atoms with Crippen molar-refractivity contribution in [3.63, 3.8) is 0 Å². The van der Waals surface area contributed by atoms with Crippen LogP contribution in [0.4, 0.5) is 5.82 Å². The summed E-state index contributed by atoms with van der Waals surface area (Å²) in [5, 5.41) is 9.73. The Labute approximate surface area is 171 Å². The van der Waals surface area contributed by atoms with Crippen molar-refractivity contribution in [2.45, 2.75) is 20.4 Å². The van der Waals surface area contributed by atoms with Crippen LogP contribution in [0.5, 0.6) is 0 Å². The SMILES string of the molecule is C=C1C(=O)N=C(n2nc(C)cc2NC(=O)C(=O)NCc2ccc(Cl)cc2)N=C1C.